The third-order valence-electron chi connectivity index (χ3n) is 4.25. The summed E-state index contributed by atoms with van der Waals surface area (Å²) in [6.45, 7) is 5.10. The van der Waals surface area contributed by atoms with Crippen molar-refractivity contribution in [3.8, 4) is 0 Å². The minimum atomic E-state index is -3.04. The van der Waals surface area contributed by atoms with Crippen molar-refractivity contribution < 1.29 is 47.9 Å². The highest BCUT2D eigenvalue weighted by Gasteiger charge is 2.22. The zero-order valence-corrected chi connectivity index (χ0v) is 24.0. The topological polar surface area (TPSA) is 150 Å². The van der Waals surface area contributed by atoms with Gasteiger partial charge in [0.1, 0.15) is 12.2 Å². The molecule has 0 fully saturated rings. The Kier molecular flexibility index (Phi) is 19.5. The fourth-order valence-electron chi connectivity index (χ4n) is 2.58. The molecule has 3 N–H and O–H groups in total. The van der Waals surface area contributed by atoms with Gasteiger partial charge in [-0.1, -0.05) is 25.1 Å². The van der Waals surface area contributed by atoms with E-state index in [-0.39, 0.29) is 52.4 Å². The predicted molar refractivity (Wildman–Crippen MR) is 141 cm³/mol. The number of aliphatic hydroxyl groups is 2. The molecule has 0 aliphatic rings. The molecule has 14 heteroatoms. The zero-order valence-electron chi connectivity index (χ0n) is 21.4. The lowest BCUT2D eigenvalue weighted by atomic mass is 10.2. The van der Waals surface area contributed by atoms with Crippen LogP contribution in [0.4, 0.5) is 4.79 Å². The average Bonchev–Trinajstić information content (AvgIpc) is 2.78. The first-order valence-electron chi connectivity index (χ1n) is 12.0. The highest BCUT2D eigenvalue weighted by Crippen LogP contribution is 2.53. The van der Waals surface area contributed by atoms with E-state index in [1.165, 1.54) is 0 Å². The molecule has 11 nitrogen and oxygen atoms in total. The maximum Gasteiger partial charge on any atom is 0.407 e. The fraction of sp³-hybridized carbons (Fsp3) is 0.864. The Labute approximate surface area is 224 Å². The van der Waals surface area contributed by atoms with Gasteiger partial charge in [-0.05, 0) is 58.3 Å². The van der Waals surface area contributed by atoms with Crippen LogP contribution in [0.5, 0.6) is 0 Å². The van der Waals surface area contributed by atoms with E-state index in [2.05, 4.69) is 17.6 Å². The van der Waals surface area contributed by atoms with Gasteiger partial charge in [0.2, 0.25) is 5.69 Å². The van der Waals surface area contributed by atoms with Crippen molar-refractivity contribution in [1.29, 1.82) is 0 Å². The predicted octanol–water partition coefficient (Wildman–Crippen LogP) is 3.26. The van der Waals surface area contributed by atoms with Crippen LogP contribution in [-0.4, -0.2) is 79.5 Å². The Bertz CT molecular complexity index is 690. The van der Waals surface area contributed by atoms with E-state index in [1.807, 2.05) is 0 Å². The highest BCUT2D eigenvalue weighted by molar-refractivity contribution is 8.60. The van der Waals surface area contributed by atoms with Crippen molar-refractivity contribution in [2.24, 2.45) is 0 Å². The monoisotopic (exact) mass is 575 g/mol. The number of aliphatic hydroxyl groups excluding tert-OH is 2. The van der Waals surface area contributed by atoms with Crippen molar-refractivity contribution in [3.63, 3.8) is 0 Å². The quantitative estimate of drug-likeness (QED) is 0.0557. The van der Waals surface area contributed by atoms with Crippen LogP contribution in [0.1, 0.15) is 72.1 Å². The molecule has 0 aromatic heterocycles. The lowest BCUT2D eigenvalue weighted by Gasteiger charge is -2.22. The van der Waals surface area contributed by atoms with Crippen LogP contribution in [0.3, 0.4) is 0 Å². The molecule has 36 heavy (non-hydrogen) atoms. The minimum absolute atomic E-state index is 0.0260. The molecule has 0 heterocycles. The number of alkyl carbamates (subject to hydrolysis) is 1. The number of carbonyl (C=O) groups excluding carboxylic acids is 3. The largest absolute Gasteiger partial charge is 0.462 e. The summed E-state index contributed by atoms with van der Waals surface area (Å²) < 4.78 is 26.8. The zero-order chi connectivity index (χ0) is 27.5. The lowest BCUT2D eigenvalue weighted by Crippen LogP contribution is -2.34. The van der Waals surface area contributed by atoms with Crippen LogP contribution < -0.4 is 5.32 Å². The van der Waals surface area contributed by atoms with Crippen molar-refractivity contribution in [1.82, 2.24) is 5.32 Å². The third kappa shape index (κ3) is 22.3. The number of carbonyl (C=O) groups is 3. The molecule has 0 spiro atoms. The summed E-state index contributed by atoms with van der Waals surface area (Å²) in [4.78, 5) is 35.8. The van der Waals surface area contributed by atoms with Gasteiger partial charge in [-0.2, -0.15) is 0 Å². The van der Waals surface area contributed by atoms with Gasteiger partial charge in [-0.25, -0.2) is 4.79 Å². The van der Waals surface area contributed by atoms with E-state index in [9.17, 15) is 14.4 Å². The molecule has 0 saturated carbocycles. The maximum absolute atomic E-state index is 12.2. The van der Waals surface area contributed by atoms with Crippen LogP contribution in [0.15, 0.2) is 0 Å². The van der Waals surface area contributed by atoms with Gasteiger partial charge in [0.15, 0.2) is 6.10 Å². The number of ether oxygens (including phenoxy) is 3. The number of rotatable bonds is 20. The summed E-state index contributed by atoms with van der Waals surface area (Å²) in [6.07, 6.45) is 2.53. The smallest absolute Gasteiger partial charge is 0.407 e. The van der Waals surface area contributed by atoms with Gasteiger partial charge in [0, 0.05) is 32.6 Å². The first-order valence-corrected chi connectivity index (χ1v) is 15.8. The third-order valence-corrected chi connectivity index (χ3v) is 6.56. The summed E-state index contributed by atoms with van der Waals surface area (Å²) in [5, 5.41) is 20.2. The molecule has 0 rings (SSSR count). The number of thiol groups is 1. The van der Waals surface area contributed by atoms with Crippen LogP contribution in [-0.2, 0) is 44.7 Å². The summed E-state index contributed by atoms with van der Waals surface area (Å²) >= 11 is 9.50. The first kappa shape index (κ1) is 35.0. The summed E-state index contributed by atoms with van der Waals surface area (Å²) in [5.41, 5.74) is -3.67. The van der Waals surface area contributed by atoms with Crippen molar-refractivity contribution in [3.05, 3.63) is 0 Å². The second-order valence-corrected chi connectivity index (χ2v) is 14.2. The molecule has 0 saturated heterocycles. The van der Waals surface area contributed by atoms with Gasteiger partial charge in [-0.15, -0.1) is 0 Å². The van der Waals surface area contributed by atoms with Gasteiger partial charge in [0.05, 0.1) is 13.2 Å². The number of nitrogens with one attached hydrogen (secondary N) is 1. The van der Waals surface area contributed by atoms with Crippen molar-refractivity contribution >= 4 is 47.8 Å². The number of amides is 1. The van der Waals surface area contributed by atoms with Gasteiger partial charge in [-0.3, -0.25) is 9.59 Å². The minimum Gasteiger partial charge on any atom is -0.462 e. The lowest BCUT2D eigenvalue weighted by molar-refractivity contribution is -0.161. The van der Waals surface area contributed by atoms with E-state index in [0.29, 0.717) is 38.5 Å². The second-order valence-electron chi connectivity index (χ2n) is 8.89. The Morgan fingerprint density at radius 3 is 2.06 bits per heavy atom. The van der Waals surface area contributed by atoms with Gasteiger partial charge < -0.3 is 38.8 Å². The first-order chi connectivity index (χ1) is 16.9. The second kappa shape index (κ2) is 20.1. The molecule has 1 amide bonds. The Morgan fingerprint density at radius 1 is 0.917 bits per heavy atom. The van der Waals surface area contributed by atoms with Crippen molar-refractivity contribution in [2.75, 3.05) is 39.6 Å². The van der Waals surface area contributed by atoms with Crippen LogP contribution >= 0.6 is 17.9 Å². The Hall–Kier alpha value is -0.950. The van der Waals surface area contributed by atoms with Crippen molar-refractivity contribution in [2.45, 2.75) is 83.8 Å². The van der Waals surface area contributed by atoms with Crippen LogP contribution in [0.25, 0.3) is 0 Å². The normalized spacial score (nSPS) is 13.9. The van der Waals surface area contributed by atoms with E-state index in [0.717, 1.165) is 0 Å². The maximum atomic E-state index is 12.2. The number of hydrogen-bond acceptors (Lipinski definition) is 11. The van der Waals surface area contributed by atoms with Gasteiger partial charge in [0.25, 0.3) is 0 Å². The molecular weight excluding hydrogens is 533 g/mol. The number of hydrogen-bond donors (Lipinski definition) is 4. The molecule has 1 unspecified atom stereocenters. The average molecular weight is 576 g/mol. The van der Waals surface area contributed by atoms with Crippen LogP contribution in [0.2, 0.25) is 0 Å². The molecule has 212 valence electrons. The molecule has 0 bridgehead atoms. The molecule has 0 aromatic carbocycles. The molecule has 0 aliphatic heterocycles. The number of esters is 2. The molecular formula is C22H42NO10PS2. The standard InChI is InChI=1S/C22H42NO10PS2/c1-22(2,3)33-21(28)23-12-15-30-34(35,36)31-17-18(32-20(27)11-7-5-9-14-25)16-29-19(26)10-6-4-8-13-24/h18,24-25H,4-17H2,1-3H3,(H,23,28)(H,35,36)/t18-/m1/s1. The number of unbranched alkanes of at least 4 members (excludes halogenated alkanes) is 4. The van der Waals surface area contributed by atoms with Gasteiger partial charge >= 0.3 is 18.0 Å². The summed E-state index contributed by atoms with van der Waals surface area (Å²) in [5.74, 6) is -0.942. The Balaban J connectivity index is 4.63. The summed E-state index contributed by atoms with van der Waals surface area (Å²) in [7, 11) is 0. The highest BCUT2D eigenvalue weighted by atomic mass is 32.9. The fourth-order valence-corrected chi connectivity index (χ4v) is 4.18. The summed E-state index contributed by atoms with van der Waals surface area (Å²) in [6, 6.07) is 0. The van der Waals surface area contributed by atoms with E-state index < -0.39 is 35.4 Å². The molecule has 0 radical (unpaired) electrons. The Morgan fingerprint density at radius 2 is 1.50 bits per heavy atom. The molecule has 0 aliphatic carbocycles. The molecule has 2 atom stereocenters. The van der Waals surface area contributed by atoms with E-state index in [4.69, 9.17) is 45.3 Å². The van der Waals surface area contributed by atoms with Crippen LogP contribution in [0, 0.1) is 0 Å². The van der Waals surface area contributed by atoms with E-state index >= 15 is 0 Å². The molecule has 0 aromatic rings. The SMILES string of the molecule is CC(C)(C)OC(=O)NCCOP(=S)(S)OC[C@@H](COC(=O)CCCCCO)OC(=O)CCCCCO. The van der Waals surface area contributed by atoms with E-state index in [1.54, 1.807) is 20.8 Å².